The molecule has 0 bridgehead atoms. The lowest BCUT2D eigenvalue weighted by Crippen LogP contribution is -2.38. The van der Waals surface area contributed by atoms with Gasteiger partial charge in [-0.05, 0) is 42.0 Å². The van der Waals surface area contributed by atoms with Crippen LogP contribution in [0.3, 0.4) is 0 Å². The Morgan fingerprint density at radius 1 is 0.875 bits per heavy atom. The first-order valence-corrected chi connectivity index (χ1v) is 9.60. The average Bonchev–Trinajstić information content (AvgIpc) is 2.83. The summed E-state index contributed by atoms with van der Waals surface area (Å²) in [4.78, 5) is 37.3. The number of Topliss-reactive ketones (excluding diaryl/α,β-unsaturated/α-hetero) is 1. The van der Waals surface area contributed by atoms with Crippen molar-refractivity contribution in [2.45, 2.75) is 6.04 Å². The van der Waals surface area contributed by atoms with Crippen molar-refractivity contribution in [3.63, 3.8) is 0 Å². The normalized spacial score (nSPS) is 12.0. The third-order valence-corrected chi connectivity index (χ3v) is 4.79. The summed E-state index contributed by atoms with van der Waals surface area (Å²) in [7, 11) is 1.52. The Labute approximate surface area is 184 Å². The number of rotatable bonds is 8. The number of nitrogens with zero attached hydrogens (tertiary/aromatic N) is 1. The highest BCUT2D eigenvalue weighted by molar-refractivity contribution is 6.47. The standard InChI is InChI=1S/C24H21N3O5/c1-32-19-13-11-15(12-14-19)20(26-23(29)17-5-3-2-4-6-17)22(28)21(27-25)16-7-9-18(10-8-16)24(30)31/h2-14,20H,25H2,1H3,(H,26,29)(H,30,31)/b27-21+. The maximum absolute atomic E-state index is 13.4. The largest absolute Gasteiger partial charge is 0.497 e. The van der Waals surface area contributed by atoms with E-state index in [2.05, 4.69) is 10.4 Å². The Hall–Kier alpha value is -4.46. The molecule has 8 heteroatoms. The number of carboxylic acids is 1. The number of ether oxygens (including phenoxy) is 1. The molecule has 0 aliphatic heterocycles. The number of aromatic carboxylic acids is 1. The Kier molecular flexibility index (Phi) is 6.97. The van der Waals surface area contributed by atoms with Gasteiger partial charge in [-0.1, -0.05) is 42.5 Å². The molecule has 8 nitrogen and oxygen atoms in total. The van der Waals surface area contributed by atoms with E-state index in [0.717, 1.165) is 0 Å². The van der Waals surface area contributed by atoms with Gasteiger partial charge < -0.3 is 21.0 Å². The number of carbonyl (C=O) groups is 3. The van der Waals surface area contributed by atoms with Crippen molar-refractivity contribution >= 4 is 23.4 Å². The third-order valence-electron chi connectivity index (χ3n) is 4.79. The molecular formula is C24H21N3O5. The second-order valence-corrected chi connectivity index (χ2v) is 6.77. The van der Waals surface area contributed by atoms with Gasteiger partial charge in [0.25, 0.3) is 5.91 Å². The lowest BCUT2D eigenvalue weighted by molar-refractivity contribution is -0.114. The predicted molar refractivity (Wildman–Crippen MR) is 119 cm³/mol. The summed E-state index contributed by atoms with van der Waals surface area (Å²) in [6.07, 6.45) is 0. The van der Waals surface area contributed by atoms with Gasteiger partial charge in [0.2, 0.25) is 5.78 Å². The van der Waals surface area contributed by atoms with E-state index in [1.54, 1.807) is 54.6 Å². The minimum Gasteiger partial charge on any atom is -0.497 e. The molecule has 3 rings (SSSR count). The fourth-order valence-corrected chi connectivity index (χ4v) is 3.09. The van der Waals surface area contributed by atoms with Crippen LogP contribution in [0.1, 0.15) is 37.9 Å². The molecule has 0 aliphatic rings. The van der Waals surface area contributed by atoms with Crippen LogP contribution < -0.4 is 15.9 Å². The molecule has 0 saturated heterocycles. The Morgan fingerprint density at radius 3 is 2.00 bits per heavy atom. The van der Waals surface area contributed by atoms with Crippen LogP contribution in [-0.4, -0.2) is 35.6 Å². The first-order valence-electron chi connectivity index (χ1n) is 9.60. The maximum Gasteiger partial charge on any atom is 0.335 e. The number of methoxy groups -OCH3 is 1. The number of hydrogen-bond donors (Lipinski definition) is 3. The second-order valence-electron chi connectivity index (χ2n) is 6.77. The zero-order valence-electron chi connectivity index (χ0n) is 17.2. The molecule has 0 heterocycles. The summed E-state index contributed by atoms with van der Waals surface area (Å²) < 4.78 is 5.16. The predicted octanol–water partition coefficient (Wildman–Crippen LogP) is 2.80. The second kappa shape index (κ2) is 10.0. The highest BCUT2D eigenvalue weighted by Gasteiger charge is 2.28. The molecule has 0 aromatic heterocycles. The van der Waals surface area contributed by atoms with E-state index in [-0.39, 0.29) is 11.3 Å². The van der Waals surface area contributed by atoms with Crippen LogP contribution in [0.2, 0.25) is 0 Å². The highest BCUT2D eigenvalue weighted by atomic mass is 16.5. The van der Waals surface area contributed by atoms with Crippen LogP contribution in [0.5, 0.6) is 5.75 Å². The SMILES string of the molecule is COc1ccc(C(NC(=O)c2ccccc2)C(=O)/C(=N/N)c2ccc(C(=O)O)cc2)cc1. The minimum absolute atomic E-state index is 0.0571. The van der Waals surface area contributed by atoms with Crippen molar-refractivity contribution in [2.24, 2.45) is 10.9 Å². The van der Waals surface area contributed by atoms with E-state index in [4.69, 9.17) is 15.7 Å². The van der Waals surface area contributed by atoms with E-state index in [1.807, 2.05) is 0 Å². The molecule has 0 spiro atoms. The topological polar surface area (TPSA) is 131 Å². The molecule has 3 aromatic rings. The number of carboxylic acid groups (broad SMARTS) is 1. The molecule has 1 amide bonds. The van der Waals surface area contributed by atoms with Crippen molar-refractivity contribution in [3.8, 4) is 5.75 Å². The van der Waals surface area contributed by atoms with Gasteiger partial charge in [0.15, 0.2) is 0 Å². The Bertz CT molecular complexity index is 1140. The number of carbonyl (C=O) groups excluding carboxylic acids is 2. The summed E-state index contributed by atoms with van der Waals surface area (Å²) in [5.41, 5.74) is 1.17. The number of hydrogen-bond acceptors (Lipinski definition) is 6. The quantitative estimate of drug-likeness (QED) is 0.286. The molecule has 32 heavy (non-hydrogen) atoms. The molecular weight excluding hydrogens is 410 g/mol. The summed E-state index contributed by atoms with van der Waals surface area (Å²) in [5, 5.41) is 15.5. The summed E-state index contributed by atoms with van der Waals surface area (Å²) in [6.45, 7) is 0. The first-order chi connectivity index (χ1) is 15.4. The highest BCUT2D eigenvalue weighted by Crippen LogP contribution is 2.21. The Balaban J connectivity index is 1.97. The number of amides is 1. The van der Waals surface area contributed by atoms with Crippen molar-refractivity contribution in [1.82, 2.24) is 5.32 Å². The van der Waals surface area contributed by atoms with Gasteiger partial charge in [0, 0.05) is 11.1 Å². The lowest BCUT2D eigenvalue weighted by atomic mass is 9.95. The van der Waals surface area contributed by atoms with E-state index in [1.165, 1.54) is 31.4 Å². The Morgan fingerprint density at radius 2 is 1.47 bits per heavy atom. The molecule has 4 N–H and O–H groups in total. The minimum atomic E-state index is -1.10. The average molecular weight is 431 g/mol. The van der Waals surface area contributed by atoms with Gasteiger partial charge >= 0.3 is 5.97 Å². The van der Waals surface area contributed by atoms with Crippen LogP contribution in [0.4, 0.5) is 0 Å². The van der Waals surface area contributed by atoms with Crippen molar-refractivity contribution in [2.75, 3.05) is 7.11 Å². The summed E-state index contributed by atoms with van der Waals surface area (Å²) in [5.74, 6) is 4.02. The van der Waals surface area contributed by atoms with Gasteiger partial charge in [-0.2, -0.15) is 5.10 Å². The molecule has 0 saturated carbocycles. The number of ketones is 1. The van der Waals surface area contributed by atoms with Crippen LogP contribution in [0.25, 0.3) is 0 Å². The van der Waals surface area contributed by atoms with E-state index in [9.17, 15) is 14.4 Å². The van der Waals surface area contributed by atoms with Gasteiger partial charge in [-0.15, -0.1) is 0 Å². The molecule has 0 radical (unpaired) electrons. The molecule has 1 atom stereocenters. The van der Waals surface area contributed by atoms with Gasteiger partial charge in [0.1, 0.15) is 17.5 Å². The van der Waals surface area contributed by atoms with Crippen molar-refractivity contribution in [3.05, 3.63) is 101 Å². The van der Waals surface area contributed by atoms with Crippen molar-refractivity contribution < 1.29 is 24.2 Å². The molecule has 0 fully saturated rings. The van der Waals surface area contributed by atoms with Crippen LogP contribution in [0.15, 0.2) is 84.0 Å². The van der Waals surface area contributed by atoms with Crippen LogP contribution in [-0.2, 0) is 4.79 Å². The van der Waals surface area contributed by atoms with E-state index < -0.39 is 23.7 Å². The van der Waals surface area contributed by atoms with Gasteiger partial charge in [-0.3, -0.25) is 9.59 Å². The molecule has 0 aliphatic carbocycles. The molecule has 3 aromatic carbocycles. The molecule has 162 valence electrons. The summed E-state index contributed by atoms with van der Waals surface area (Å²) in [6, 6.07) is 19.6. The number of hydrazone groups is 1. The van der Waals surface area contributed by atoms with Crippen molar-refractivity contribution in [1.29, 1.82) is 0 Å². The molecule has 1 unspecified atom stereocenters. The fourth-order valence-electron chi connectivity index (χ4n) is 3.09. The first kappa shape index (κ1) is 22.2. The van der Waals surface area contributed by atoms with Gasteiger partial charge in [-0.25, -0.2) is 4.79 Å². The van der Waals surface area contributed by atoms with E-state index >= 15 is 0 Å². The number of benzene rings is 3. The number of nitrogens with one attached hydrogen (secondary N) is 1. The lowest BCUT2D eigenvalue weighted by Gasteiger charge is -2.19. The third kappa shape index (κ3) is 4.99. The zero-order chi connectivity index (χ0) is 23.1. The fraction of sp³-hybridized carbons (Fsp3) is 0.0833. The van der Waals surface area contributed by atoms with Crippen LogP contribution >= 0.6 is 0 Å². The smallest absolute Gasteiger partial charge is 0.335 e. The summed E-state index contributed by atoms with van der Waals surface area (Å²) >= 11 is 0. The van der Waals surface area contributed by atoms with Crippen LogP contribution in [0, 0.1) is 0 Å². The monoisotopic (exact) mass is 431 g/mol. The zero-order valence-corrected chi connectivity index (χ0v) is 17.2. The number of nitrogens with two attached hydrogens (primary N) is 1. The van der Waals surface area contributed by atoms with E-state index in [0.29, 0.717) is 22.4 Å². The van der Waals surface area contributed by atoms with Gasteiger partial charge in [0.05, 0.1) is 12.7 Å². The maximum atomic E-state index is 13.4.